The molecule has 0 aliphatic carbocycles. The number of pyridine rings is 1. The lowest BCUT2D eigenvalue weighted by Gasteiger charge is -2.23. The maximum atomic E-state index is 15.8. The van der Waals surface area contributed by atoms with E-state index in [0.29, 0.717) is 46.6 Å². The van der Waals surface area contributed by atoms with Crippen molar-refractivity contribution in [3.63, 3.8) is 0 Å². The van der Waals surface area contributed by atoms with Crippen molar-refractivity contribution in [3.05, 3.63) is 82.9 Å². The van der Waals surface area contributed by atoms with E-state index in [1.54, 1.807) is 37.8 Å². The molecule has 1 aliphatic rings. The maximum Gasteiger partial charge on any atom is 0.133 e. The van der Waals surface area contributed by atoms with E-state index in [1.165, 1.54) is 5.57 Å². The molecule has 0 amide bonds. The van der Waals surface area contributed by atoms with Crippen molar-refractivity contribution in [2.75, 3.05) is 13.2 Å². The fourth-order valence-corrected chi connectivity index (χ4v) is 5.43. The molecule has 194 valence electrons. The summed E-state index contributed by atoms with van der Waals surface area (Å²) in [6.45, 7) is 6.62. The third kappa shape index (κ3) is 4.01. The molecule has 0 unspecified atom stereocenters. The number of fused-ring (bicyclic) bond motifs is 3. The van der Waals surface area contributed by atoms with Gasteiger partial charge in [-0.05, 0) is 62.9 Å². The van der Waals surface area contributed by atoms with Gasteiger partial charge in [0.25, 0.3) is 0 Å². The summed E-state index contributed by atoms with van der Waals surface area (Å²) in [4.78, 5) is 4.76. The Hall–Kier alpha value is -3.88. The van der Waals surface area contributed by atoms with Crippen molar-refractivity contribution in [3.8, 4) is 11.3 Å². The van der Waals surface area contributed by atoms with Crippen LogP contribution in [0.25, 0.3) is 38.9 Å². The van der Waals surface area contributed by atoms with E-state index >= 15 is 4.39 Å². The molecule has 1 fully saturated rings. The van der Waals surface area contributed by atoms with Crippen LogP contribution in [0, 0.1) is 12.7 Å². The van der Waals surface area contributed by atoms with E-state index in [0.717, 1.165) is 35.1 Å². The number of hydrogen-bond donors (Lipinski definition) is 1. The lowest BCUT2D eigenvalue weighted by atomic mass is 9.98. The Morgan fingerprint density at radius 3 is 2.45 bits per heavy atom. The number of nitrogens with zero attached hydrogens (tertiary/aromatic N) is 5. The Bertz CT molecular complexity index is 1680. The summed E-state index contributed by atoms with van der Waals surface area (Å²) in [7, 11) is 1.77. The van der Waals surface area contributed by atoms with Crippen molar-refractivity contribution >= 4 is 27.6 Å². The molecule has 7 nitrogen and oxygen atoms in total. The summed E-state index contributed by atoms with van der Waals surface area (Å²) in [6, 6.07) is 15.7. The third-order valence-corrected chi connectivity index (χ3v) is 7.35. The Labute approximate surface area is 220 Å². The fraction of sp³-hybridized carbons (Fsp3) is 0.300. The van der Waals surface area contributed by atoms with Gasteiger partial charge in [0.15, 0.2) is 0 Å². The first-order chi connectivity index (χ1) is 18.2. The topological polar surface area (TPSA) is 78.0 Å². The zero-order valence-corrected chi connectivity index (χ0v) is 22.0. The van der Waals surface area contributed by atoms with Crippen LogP contribution in [0.4, 0.5) is 4.39 Å². The summed E-state index contributed by atoms with van der Waals surface area (Å²) in [5.41, 5.74) is 7.00. The largest absolute Gasteiger partial charge is 0.386 e. The zero-order chi connectivity index (χ0) is 26.6. The summed E-state index contributed by atoms with van der Waals surface area (Å²) in [6.07, 6.45) is 3.27. The van der Waals surface area contributed by atoms with Crippen LogP contribution in [0.3, 0.4) is 0 Å². The van der Waals surface area contributed by atoms with E-state index in [9.17, 15) is 5.11 Å². The highest BCUT2D eigenvalue weighted by Crippen LogP contribution is 2.40. The summed E-state index contributed by atoms with van der Waals surface area (Å²) < 4.78 is 25.2. The van der Waals surface area contributed by atoms with Crippen LogP contribution in [0.5, 0.6) is 0 Å². The second kappa shape index (κ2) is 9.15. The van der Waals surface area contributed by atoms with Gasteiger partial charge in [-0.2, -0.15) is 0 Å². The number of aliphatic hydroxyl groups is 1. The van der Waals surface area contributed by atoms with Gasteiger partial charge in [-0.25, -0.2) is 9.07 Å². The van der Waals surface area contributed by atoms with Crippen LogP contribution >= 0.6 is 0 Å². The van der Waals surface area contributed by atoms with E-state index in [4.69, 9.17) is 9.72 Å². The number of hydrogen-bond acceptors (Lipinski definition) is 5. The van der Waals surface area contributed by atoms with Gasteiger partial charge >= 0.3 is 0 Å². The van der Waals surface area contributed by atoms with Gasteiger partial charge in [0.2, 0.25) is 0 Å². The van der Waals surface area contributed by atoms with Gasteiger partial charge in [-0.15, -0.1) is 5.10 Å². The molecule has 6 rings (SSSR count). The first kappa shape index (κ1) is 24.5. The molecule has 3 aromatic heterocycles. The molecule has 0 radical (unpaired) electrons. The molecule has 1 saturated heterocycles. The van der Waals surface area contributed by atoms with Crippen LogP contribution in [0.15, 0.2) is 60.3 Å². The summed E-state index contributed by atoms with van der Waals surface area (Å²) >= 11 is 0. The molecule has 38 heavy (non-hydrogen) atoms. The molecule has 5 aromatic rings. The van der Waals surface area contributed by atoms with Gasteiger partial charge in [-0.1, -0.05) is 35.5 Å². The molecule has 0 saturated carbocycles. The van der Waals surface area contributed by atoms with Crippen molar-refractivity contribution in [1.82, 2.24) is 24.5 Å². The van der Waals surface area contributed by atoms with E-state index < -0.39 is 5.60 Å². The molecule has 0 bridgehead atoms. The number of aryl methyl sites for hydroxylation is 2. The van der Waals surface area contributed by atoms with E-state index in [2.05, 4.69) is 27.0 Å². The third-order valence-electron chi connectivity index (χ3n) is 7.35. The summed E-state index contributed by atoms with van der Waals surface area (Å²) in [5, 5.41) is 19.8. The normalized spacial score (nSPS) is 14.5. The van der Waals surface area contributed by atoms with E-state index in [-0.39, 0.29) is 5.82 Å². The molecule has 0 atom stereocenters. The second-order valence-electron chi connectivity index (χ2n) is 10.4. The number of aromatic nitrogens is 5. The average molecular weight is 512 g/mol. The molecular formula is C30H30FN5O2. The van der Waals surface area contributed by atoms with Gasteiger partial charge in [0.05, 0.1) is 52.4 Å². The zero-order valence-electron chi connectivity index (χ0n) is 22.0. The van der Waals surface area contributed by atoms with E-state index in [1.807, 2.05) is 37.3 Å². The minimum atomic E-state index is -1.09. The molecule has 4 heterocycles. The Balaban J connectivity index is 1.77. The molecule has 1 aliphatic heterocycles. The standard InChI is InChI=1S/C30H30FN5O2/c1-18-28(35(4)34-33-18)22-16-25-23(15-24(22)31)27-26(14-21(17-32-27)30(2,3)37)36(25)29(19-8-6-5-7-9-19)20-10-12-38-13-11-20/h5-9,14-17,37H,10-13H2,1-4H3. The first-order valence-corrected chi connectivity index (χ1v) is 12.8. The van der Waals surface area contributed by atoms with Gasteiger partial charge in [0.1, 0.15) is 5.82 Å². The second-order valence-corrected chi connectivity index (χ2v) is 10.4. The van der Waals surface area contributed by atoms with Gasteiger partial charge < -0.3 is 14.4 Å². The van der Waals surface area contributed by atoms with Crippen molar-refractivity contribution < 1.29 is 14.2 Å². The highest BCUT2D eigenvalue weighted by atomic mass is 19.1. The van der Waals surface area contributed by atoms with Crippen LogP contribution in [0.1, 0.15) is 43.5 Å². The molecule has 0 spiro atoms. The van der Waals surface area contributed by atoms with Gasteiger partial charge in [0, 0.05) is 29.8 Å². The highest BCUT2D eigenvalue weighted by Gasteiger charge is 2.26. The van der Waals surface area contributed by atoms with Crippen LogP contribution in [0.2, 0.25) is 0 Å². The lowest BCUT2D eigenvalue weighted by molar-refractivity contribution is 0.0784. The minimum Gasteiger partial charge on any atom is -0.386 e. The molecule has 8 heteroatoms. The SMILES string of the molecule is Cc1nnn(C)c1-c1cc2c(cc1F)c1ncc(C(C)(C)O)cc1n2C(=C1CCOCC1)c1ccccc1. The predicted octanol–water partition coefficient (Wildman–Crippen LogP) is 5.73. The number of ether oxygens (including phenoxy) is 1. The fourth-order valence-electron chi connectivity index (χ4n) is 5.43. The van der Waals surface area contributed by atoms with Crippen LogP contribution < -0.4 is 0 Å². The first-order valence-electron chi connectivity index (χ1n) is 12.8. The Morgan fingerprint density at radius 2 is 1.79 bits per heavy atom. The van der Waals surface area contributed by atoms with Crippen LogP contribution in [-0.2, 0) is 17.4 Å². The predicted molar refractivity (Wildman–Crippen MR) is 146 cm³/mol. The maximum absolute atomic E-state index is 15.8. The molecule has 1 N–H and O–H groups in total. The Morgan fingerprint density at radius 1 is 1.05 bits per heavy atom. The molecule has 2 aromatic carbocycles. The number of benzene rings is 2. The smallest absolute Gasteiger partial charge is 0.133 e. The molecular weight excluding hydrogens is 481 g/mol. The lowest BCUT2D eigenvalue weighted by Crippen LogP contribution is -2.16. The Kier molecular flexibility index (Phi) is 5.89. The summed E-state index contributed by atoms with van der Waals surface area (Å²) in [5.74, 6) is -0.363. The van der Waals surface area contributed by atoms with Crippen molar-refractivity contribution in [2.45, 2.75) is 39.2 Å². The van der Waals surface area contributed by atoms with Crippen molar-refractivity contribution in [1.29, 1.82) is 0 Å². The number of halogens is 1. The van der Waals surface area contributed by atoms with Crippen LogP contribution in [-0.4, -0.2) is 42.9 Å². The van der Waals surface area contributed by atoms with Crippen molar-refractivity contribution in [2.24, 2.45) is 7.05 Å². The van der Waals surface area contributed by atoms with Gasteiger partial charge in [-0.3, -0.25) is 4.98 Å². The average Bonchev–Trinajstić information content (AvgIpc) is 3.40. The quantitative estimate of drug-likeness (QED) is 0.333. The highest BCUT2D eigenvalue weighted by molar-refractivity contribution is 6.10. The minimum absolute atomic E-state index is 0.363. The number of rotatable bonds is 4. The monoisotopic (exact) mass is 511 g/mol.